The van der Waals surface area contributed by atoms with Crippen molar-refractivity contribution >= 4 is 0 Å². The van der Waals surface area contributed by atoms with E-state index < -0.39 is 0 Å². The molecule has 0 radical (unpaired) electrons. The van der Waals surface area contributed by atoms with Gasteiger partial charge in [0.05, 0.1) is 0 Å². The second-order valence-electron chi connectivity index (χ2n) is 3.02. The van der Waals surface area contributed by atoms with Crippen LogP contribution in [0.25, 0.3) is 0 Å². The number of nitrogens with zero attached hydrogens (tertiary/aromatic N) is 2. The van der Waals surface area contributed by atoms with Gasteiger partial charge in [0.1, 0.15) is 5.82 Å². The summed E-state index contributed by atoms with van der Waals surface area (Å²) in [7, 11) is 2.02. The zero-order valence-corrected chi connectivity index (χ0v) is 6.75. The first-order valence-electron chi connectivity index (χ1n) is 4.07. The fourth-order valence-corrected chi connectivity index (χ4v) is 1.60. The third-order valence-electron chi connectivity index (χ3n) is 2.36. The lowest BCUT2D eigenvalue weighted by molar-refractivity contribution is 0.416. The summed E-state index contributed by atoms with van der Waals surface area (Å²) in [5.74, 6) is 1.22. The van der Waals surface area contributed by atoms with Gasteiger partial charge in [-0.3, -0.25) is 0 Å². The van der Waals surface area contributed by atoms with Gasteiger partial charge in [0.25, 0.3) is 0 Å². The summed E-state index contributed by atoms with van der Waals surface area (Å²) in [5.41, 5.74) is 0. The van der Waals surface area contributed by atoms with E-state index in [9.17, 15) is 0 Å². The summed E-state index contributed by atoms with van der Waals surface area (Å²) in [6.07, 6.45) is 6.23. The van der Waals surface area contributed by atoms with E-state index in [0.717, 1.165) is 13.0 Å². The van der Waals surface area contributed by atoms with Crippen LogP contribution in [0.3, 0.4) is 0 Å². The molecule has 60 valence electrons. The SMILES string of the molecule is CNC1CCn2ccnc2C1. The Morgan fingerprint density at radius 1 is 1.73 bits per heavy atom. The molecule has 3 heteroatoms. The molecule has 1 aliphatic rings. The lowest BCUT2D eigenvalue weighted by Gasteiger charge is -2.22. The van der Waals surface area contributed by atoms with E-state index in [4.69, 9.17) is 0 Å². The molecule has 0 saturated carbocycles. The Kier molecular flexibility index (Phi) is 1.66. The summed E-state index contributed by atoms with van der Waals surface area (Å²) in [4.78, 5) is 4.28. The van der Waals surface area contributed by atoms with Crippen LogP contribution in [0.15, 0.2) is 12.4 Å². The molecule has 1 aromatic heterocycles. The van der Waals surface area contributed by atoms with Gasteiger partial charge < -0.3 is 9.88 Å². The molecule has 0 amide bonds. The van der Waals surface area contributed by atoms with E-state index in [-0.39, 0.29) is 0 Å². The molecule has 3 nitrogen and oxygen atoms in total. The van der Waals surface area contributed by atoms with Crippen LogP contribution < -0.4 is 5.32 Å². The van der Waals surface area contributed by atoms with Crippen molar-refractivity contribution in [2.45, 2.75) is 25.4 Å². The van der Waals surface area contributed by atoms with Gasteiger partial charge >= 0.3 is 0 Å². The predicted octanol–water partition coefficient (Wildman–Crippen LogP) is 0.417. The molecule has 0 spiro atoms. The number of hydrogen-bond donors (Lipinski definition) is 1. The highest BCUT2D eigenvalue weighted by molar-refractivity contribution is 4.98. The van der Waals surface area contributed by atoms with Crippen molar-refractivity contribution < 1.29 is 0 Å². The first-order chi connectivity index (χ1) is 5.40. The highest BCUT2D eigenvalue weighted by Crippen LogP contribution is 2.12. The zero-order chi connectivity index (χ0) is 7.68. The molecule has 0 fully saturated rings. The Morgan fingerprint density at radius 2 is 2.64 bits per heavy atom. The Morgan fingerprint density at radius 3 is 3.45 bits per heavy atom. The van der Waals surface area contributed by atoms with Gasteiger partial charge in [-0.15, -0.1) is 0 Å². The van der Waals surface area contributed by atoms with Crippen molar-refractivity contribution in [2.24, 2.45) is 0 Å². The van der Waals surface area contributed by atoms with Crippen LogP contribution in [0, 0.1) is 0 Å². The van der Waals surface area contributed by atoms with Crippen molar-refractivity contribution in [1.29, 1.82) is 0 Å². The first-order valence-corrected chi connectivity index (χ1v) is 4.07. The number of nitrogens with one attached hydrogen (secondary N) is 1. The Balaban J connectivity index is 2.18. The fraction of sp³-hybridized carbons (Fsp3) is 0.625. The lowest BCUT2D eigenvalue weighted by atomic mass is 10.1. The topological polar surface area (TPSA) is 29.9 Å². The van der Waals surface area contributed by atoms with E-state index in [2.05, 4.69) is 21.1 Å². The maximum absolute atomic E-state index is 4.28. The minimum absolute atomic E-state index is 0.630. The van der Waals surface area contributed by atoms with Crippen LogP contribution in [-0.4, -0.2) is 22.6 Å². The van der Waals surface area contributed by atoms with Crippen molar-refractivity contribution in [3.8, 4) is 0 Å². The number of aryl methyl sites for hydroxylation is 1. The summed E-state index contributed by atoms with van der Waals surface area (Å²) >= 11 is 0. The molecular weight excluding hydrogens is 138 g/mol. The molecule has 1 atom stereocenters. The van der Waals surface area contributed by atoms with Crippen LogP contribution in [0.1, 0.15) is 12.2 Å². The molecule has 0 aliphatic carbocycles. The average molecular weight is 151 g/mol. The van der Waals surface area contributed by atoms with Crippen LogP contribution in [0.5, 0.6) is 0 Å². The lowest BCUT2D eigenvalue weighted by Crippen LogP contribution is -2.33. The summed E-state index contributed by atoms with van der Waals surface area (Å²) in [5, 5.41) is 3.28. The molecule has 1 N–H and O–H groups in total. The maximum atomic E-state index is 4.28. The number of aromatic nitrogens is 2. The smallest absolute Gasteiger partial charge is 0.110 e. The minimum atomic E-state index is 0.630. The molecular formula is C8H13N3. The third kappa shape index (κ3) is 1.16. The molecule has 0 saturated heterocycles. The predicted molar refractivity (Wildman–Crippen MR) is 43.4 cm³/mol. The van der Waals surface area contributed by atoms with Crippen molar-refractivity contribution in [1.82, 2.24) is 14.9 Å². The second-order valence-corrected chi connectivity index (χ2v) is 3.02. The number of likely N-dealkylation sites (N-methyl/N-ethyl adjacent to an activating group) is 1. The van der Waals surface area contributed by atoms with E-state index >= 15 is 0 Å². The third-order valence-corrected chi connectivity index (χ3v) is 2.36. The zero-order valence-electron chi connectivity index (χ0n) is 6.75. The molecule has 0 aromatic carbocycles. The maximum Gasteiger partial charge on any atom is 0.110 e. The number of hydrogen-bond acceptors (Lipinski definition) is 2. The Hall–Kier alpha value is -0.830. The van der Waals surface area contributed by atoms with Crippen LogP contribution in [-0.2, 0) is 13.0 Å². The molecule has 11 heavy (non-hydrogen) atoms. The molecule has 1 aliphatic heterocycles. The monoisotopic (exact) mass is 151 g/mol. The summed E-state index contributed by atoms with van der Waals surface area (Å²) in [6, 6.07) is 0.630. The van der Waals surface area contributed by atoms with Gasteiger partial charge in [-0.05, 0) is 13.5 Å². The van der Waals surface area contributed by atoms with Gasteiger partial charge in [0, 0.05) is 31.4 Å². The Bertz CT molecular complexity index is 241. The van der Waals surface area contributed by atoms with Crippen molar-refractivity contribution in [2.75, 3.05) is 7.05 Å². The quantitative estimate of drug-likeness (QED) is 0.630. The normalized spacial score (nSPS) is 23.2. The molecule has 1 unspecified atom stereocenters. The van der Waals surface area contributed by atoms with E-state index in [0.29, 0.717) is 6.04 Å². The van der Waals surface area contributed by atoms with Gasteiger partial charge in [0.15, 0.2) is 0 Å². The Labute approximate surface area is 66.4 Å². The van der Waals surface area contributed by atoms with Gasteiger partial charge in [-0.1, -0.05) is 0 Å². The van der Waals surface area contributed by atoms with Crippen molar-refractivity contribution in [3.63, 3.8) is 0 Å². The highest BCUT2D eigenvalue weighted by Gasteiger charge is 2.16. The first kappa shape index (κ1) is 6.85. The number of rotatable bonds is 1. The fourth-order valence-electron chi connectivity index (χ4n) is 1.60. The summed E-state index contributed by atoms with van der Waals surface area (Å²) in [6.45, 7) is 1.11. The van der Waals surface area contributed by atoms with Gasteiger partial charge in [-0.25, -0.2) is 4.98 Å². The van der Waals surface area contributed by atoms with Gasteiger partial charge in [-0.2, -0.15) is 0 Å². The van der Waals surface area contributed by atoms with Crippen LogP contribution >= 0.6 is 0 Å². The van der Waals surface area contributed by atoms with Crippen molar-refractivity contribution in [3.05, 3.63) is 18.2 Å². The molecule has 0 bridgehead atoms. The van der Waals surface area contributed by atoms with E-state index in [1.165, 1.54) is 12.2 Å². The number of fused-ring (bicyclic) bond motifs is 1. The molecule has 2 rings (SSSR count). The van der Waals surface area contributed by atoms with Crippen LogP contribution in [0.4, 0.5) is 0 Å². The largest absolute Gasteiger partial charge is 0.335 e. The van der Waals surface area contributed by atoms with Crippen LogP contribution in [0.2, 0.25) is 0 Å². The minimum Gasteiger partial charge on any atom is -0.335 e. The highest BCUT2D eigenvalue weighted by atomic mass is 15.1. The summed E-state index contributed by atoms with van der Waals surface area (Å²) < 4.78 is 2.23. The average Bonchev–Trinajstić information content (AvgIpc) is 2.50. The van der Waals surface area contributed by atoms with Gasteiger partial charge in [0.2, 0.25) is 0 Å². The number of imidazole rings is 1. The van der Waals surface area contributed by atoms with E-state index in [1.54, 1.807) is 0 Å². The van der Waals surface area contributed by atoms with E-state index in [1.807, 2.05) is 13.2 Å². The molecule has 2 heterocycles. The standard InChI is InChI=1S/C8H13N3/c1-9-7-2-4-11-5-3-10-8(11)6-7/h3,5,7,9H,2,4,6H2,1H3. The second kappa shape index (κ2) is 2.66. The molecule has 1 aromatic rings.